The van der Waals surface area contributed by atoms with Crippen molar-refractivity contribution in [3.63, 3.8) is 0 Å². The summed E-state index contributed by atoms with van der Waals surface area (Å²) in [4.78, 5) is 26.8. The van der Waals surface area contributed by atoms with Gasteiger partial charge in [0.25, 0.3) is 5.91 Å². The Morgan fingerprint density at radius 3 is 2.59 bits per heavy atom. The Morgan fingerprint density at radius 1 is 1.12 bits per heavy atom. The van der Waals surface area contributed by atoms with Crippen molar-refractivity contribution in [1.82, 2.24) is 24.7 Å². The molecule has 1 atom stereocenters. The Labute approximate surface area is 201 Å². The monoisotopic (exact) mass is 462 g/mol. The summed E-state index contributed by atoms with van der Waals surface area (Å²) in [6, 6.07) is 7.52. The minimum atomic E-state index is -0.283. The summed E-state index contributed by atoms with van der Waals surface area (Å²) in [5.41, 5.74) is 9.25. The Morgan fingerprint density at radius 2 is 1.88 bits per heavy atom. The molecular weight excluding hydrogens is 428 g/mol. The Balaban J connectivity index is 0.00000133. The third-order valence-corrected chi connectivity index (χ3v) is 6.35. The number of aryl methyl sites for hydroxylation is 1. The molecule has 3 aromatic rings. The van der Waals surface area contributed by atoms with Crippen molar-refractivity contribution in [2.45, 2.75) is 72.6 Å². The van der Waals surface area contributed by atoms with E-state index in [0.29, 0.717) is 17.9 Å². The first-order valence-corrected chi connectivity index (χ1v) is 12.1. The number of rotatable bonds is 5. The highest BCUT2D eigenvalue weighted by Gasteiger charge is 2.34. The van der Waals surface area contributed by atoms with Crippen molar-refractivity contribution in [2.24, 2.45) is 5.73 Å². The van der Waals surface area contributed by atoms with Gasteiger partial charge < -0.3 is 15.2 Å². The highest BCUT2D eigenvalue weighted by atomic mass is 16.2. The van der Waals surface area contributed by atoms with E-state index in [1.807, 2.05) is 57.0 Å². The smallest absolute Gasteiger partial charge is 0.260 e. The Kier molecular flexibility index (Phi) is 6.65. The van der Waals surface area contributed by atoms with Gasteiger partial charge in [-0.3, -0.25) is 9.69 Å². The van der Waals surface area contributed by atoms with E-state index in [2.05, 4.69) is 28.6 Å². The van der Waals surface area contributed by atoms with Crippen LogP contribution in [0.15, 0.2) is 24.3 Å². The van der Waals surface area contributed by atoms with E-state index in [4.69, 9.17) is 15.7 Å². The molecule has 5 heterocycles. The molecule has 0 aliphatic carbocycles. The second kappa shape index (κ2) is 9.50. The molecule has 0 bridgehead atoms. The number of carbonyl (C=O) groups is 1. The number of carbonyl (C=O) groups excluding carboxylic acids is 1. The van der Waals surface area contributed by atoms with Gasteiger partial charge >= 0.3 is 0 Å². The number of nitrogens with two attached hydrogens (primary N) is 1. The topological polar surface area (TPSA) is 106 Å². The molecule has 0 spiro atoms. The molecule has 2 N–H and O–H groups in total. The number of aromatic nitrogens is 5. The van der Waals surface area contributed by atoms with Crippen LogP contribution >= 0.6 is 0 Å². The van der Waals surface area contributed by atoms with Crippen LogP contribution in [0.4, 0.5) is 11.6 Å². The van der Waals surface area contributed by atoms with Crippen LogP contribution < -0.4 is 15.5 Å². The van der Waals surface area contributed by atoms with E-state index in [0.717, 1.165) is 53.8 Å². The van der Waals surface area contributed by atoms with Gasteiger partial charge in [-0.2, -0.15) is 0 Å². The summed E-state index contributed by atoms with van der Waals surface area (Å²) in [7, 11) is 1.98. The molecule has 180 valence electrons. The molecule has 5 rings (SSSR count). The van der Waals surface area contributed by atoms with Gasteiger partial charge in [-0.15, -0.1) is 10.2 Å². The zero-order chi connectivity index (χ0) is 24.6. The molecule has 2 aliphatic heterocycles. The van der Waals surface area contributed by atoms with E-state index in [-0.39, 0.29) is 18.0 Å². The van der Waals surface area contributed by atoms with Crippen LogP contribution in [0.1, 0.15) is 74.5 Å². The number of hydrogen-bond acceptors (Lipinski definition) is 7. The van der Waals surface area contributed by atoms with Crippen molar-refractivity contribution < 1.29 is 4.79 Å². The van der Waals surface area contributed by atoms with E-state index < -0.39 is 0 Å². The highest BCUT2D eigenvalue weighted by molar-refractivity contribution is 6.10. The van der Waals surface area contributed by atoms with E-state index in [1.165, 1.54) is 0 Å². The minimum Gasteiger partial charge on any atom is -0.357 e. The number of pyridine rings is 2. The summed E-state index contributed by atoms with van der Waals surface area (Å²) in [6.07, 6.45) is 2.00. The molecule has 0 saturated carbocycles. The zero-order valence-electron chi connectivity index (χ0n) is 20.9. The van der Waals surface area contributed by atoms with Gasteiger partial charge in [-0.1, -0.05) is 19.9 Å². The predicted octanol–water partition coefficient (Wildman–Crippen LogP) is 3.73. The maximum atomic E-state index is 13.5. The zero-order valence-corrected chi connectivity index (χ0v) is 20.9. The minimum absolute atomic E-state index is 0.0844. The molecule has 9 nitrogen and oxygen atoms in total. The second-order valence-electron chi connectivity index (χ2n) is 8.85. The Hall–Kier alpha value is -3.33. The molecule has 3 aromatic heterocycles. The van der Waals surface area contributed by atoms with Gasteiger partial charge in [-0.05, 0) is 45.4 Å². The number of hydrogen-bond donors (Lipinski definition) is 1. The van der Waals surface area contributed by atoms with E-state index in [1.54, 1.807) is 4.90 Å². The van der Waals surface area contributed by atoms with Crippen LogP contribution in [-0.2, 0) is 19.5 Å². The lowest BCUT2D eigenvalue weighted by Crippen LogP contribution is -2.28. The molecule has 0 saturated heterocycles. The summed E-state index contributed by atoms with van der Waals surface area (Å²) in [6.45, 7) is 11.4. The van der Waals surface area contributed by atoms with Crippen LogP contribution in [-0.4, -0.2) is 43.7 Å². The van der Waals surface area contributed by atoms with Crippen molar-refractivity contribution in [1.29, 1.82) is 0 Å². The maximum Gasteiger partial charge on any atom is 0.260 e. The molecule has 0 radical (unpaired) electrons. The number of nitrogens with zero attached hydrogens (tertiary/aromatic N) is 7. The van der Waals surface area contributed by atoms with Gasteiger partial charge in [-0.25, -0.2) is 9.97 Å². The van der Waals surface area contributed by atoms with Crippen LogP contribution in [0.5, 0.6) is 0 Å². The number of anilines is 2. The quantitative estimate of drug-likeness (QED) is 0.616. The molecule has 0 aromatic carbocycles. The summed E-state index contributed by atoms with van der Waals surface area (Å²) in [5, 5.41) is 8.62. The van der Waals surface area contributed by atoms with Crippen LogP contribution in [0.2, 0.25) is 0 Å². The first kappa shape index (κ1) is 23.8. The van der Waals surface area contributed by atoms with Crippen molar-refractivity contribution in [2.75, 3.05) is 16.8 Å². The lowest BCUT2D eigenvalue weighted by molar-refractivity contribution is 0.0996. The van der Waals surface area contributed by atoms with Crippen LogP contribution in [0.3, 0.4) is 0 Å². The third kappa shape index (κ3) is 4.04. The average Bonchev–Trinajstić information content (AvgIpc) is 3.54. The predicted molar refractivity (Wildman–Crippen MR) is 134 cm³/mol. The fourth-order valence-corrected chi connectivity index (χ4v) is 4.35. The standard InChI is InChI=1S/C23H28N8O.C2H6/c1-13(2)29(4)20-11-15-16(21(26-20)14(3)24)12-31(23(15)32)18-8-5-7-17(25-18)22-28-27-19-9-6-10-30(19)22;1-2/h5,7-8,11,13-14H,6,9-10,12,24H2,1-4H3;1-2H3. The van der Waals surface area contributed by atoms with Crippen molar-refractivity contribution in [3.8, 4) is 11.5 Å². The molecule has 34 heavy (non-hydrogen) atoms. The molecule has 0 fully saturated rings. The fourth-order valence-electron chi connectivity index (χ4n) is 4.35. The Bertz CT molecular complexity index is 1200. The summed E-state index contributed by atoms with van der Waals surface area (Å²) in [5.74, 6) is 3.00. The first-order chi connectivity index (χ1) is 16.3. The molecule has 1 amide bonds. The van der Waals surface area contributed by atoms with Crippen molar-refractivity contribution in [3.05, 3.63) is 46.9 Å². The molecule has 2 aliphatic rings. The van der Waals surface area contributed by atoms with Crippen LogP contribution in [0, 0.1) is 0 Å². The van der Waals surface area contributed by atoms with E-state index in [9.17, 15) is 4.79 Å². The lowest BCUT2D eigenvalue weighted by Gasteiger charge is -2.24. The first-order valence-electron chi connectivity index (χ1n) is 12.1. The molecule has 1 unspecified atom stereocenters. The maximum absolute atomic E-state index is 13.5. The second-order valence-corrected chi connectivity index (χ2v) is 8.85. The van der Waals surface area contributed by atoms with Gasteiger partial charge in [0.2, 0.25) is 0 Å². The number of amides is 1. The fraction of sp³-hybridized carbons (Fsp3) is 0.480. The third-order valence-electron chi connectivity index (χ3n) is 6.35. The van der Waals surface area contributed by atoms with Crippen molar-refractivity contribution >= 4 is 17.5 Å². The largest absolute Gasteiger partial charge is 0.357 e. The lowest BCUT2D eigenvalue weighted by atomic mass is 10.0. The van der Waals surface area contributed by atoms with Gasteiger partial charge in [0, 0.05) is 37.7 Å². The average molecular weight is 463 g/mol. The molecular formula is C25H34N8O. The van der Waals surface area contributed by atoms with Crippen LogP contribution in [0.25, 0.3) is 11.5 Å². The summed E-state index contributed by atoms with van der Waals surface area (Å²) < 4.78 is 2.11. The van der Waals surface area contributed by atoms with Gasteiger partial charge in [0.1, 0.15) is 23.2 Å². The SMILES string of the molecule is CC.CC(N)c1nc(N(C)C(C)C)cc2c1CN(c1cccc(-c3nnc4n3CCC4)n1)C2=O. The van der Waals surface area contributed by atoms with Gasteiger partial charge in [0.05, 0.1) is 17.8 Å². The van der Waals surface area contributed by atoms with Gasteiger partial charge in [0.15, 0.2) is 5.82 Å². The molecule has 9 heteroatoms. The highest BCUT2D eigenvalue weighted by Crippen LogP contribution is 2.34. The van der Waals surface area contributed by atoms with E-state index >= 15 is 0 Å². The normalized spacial score (nSPS) is 15.2. The summed E-state index contributed by atoms with van der Waals surface area (Å²) >= 11 is 0. The number of fused-ring (bicyclic) bond motifs is 2.